The average molecular weight is 326 g/mol. The summed E-state index contributed by atoms with van der Waals surface area (Å²) in [4.78, 5) is 15.9. The number of fused-ring (bicyclic) bond motifs is 3. The minimum atomic E-state index is -0.137. The summed E-state index contributed by atoms with van der Waals surface area (Å²) in [7, 11) is 0. The molecule has 1 amide bonds. The first kappa shape index (κ1) is 14.4. The highest BCUT2D eigenvalue weighted by atomic mass is 32.1. The number of nitrogens with zero attached hydrogens (tertiary/aromatic N) is 2. The van der Waals surface area contributed by atoms with Crippen LogP contribution in [0.3, 0.4) is 0 Å². The highest BCUT2D eigenvalue weighted by Gasteiger charge is 2.20. The van der Waals surface area contributed by atoms with Crippen LogP contribution in [0.2, 0.25) is 0 Å². The fraction of sp³-hybridized carbons (Fsp3) is 0.353. The molecular weight excluding hydrogens is 308 g/mol. The van der Waals surface area contributed by atoms with Crippen LogP contribution in [0.15, 0.2) is 18.2 Å². The summed E-state index contributed by atoms with van der Waals surface area (Å²) in [6, 6.07) is 5.85. The summed E-state index contributed by atoms with van der Waals surface area (Å²) in [6.07, 6.45) is 3.40. The Bertz CT molecular complexity index is 895. The van der Waals surface area contributed by atoms with Gasteiger partial charge < -0.3 is 4.98 Å². The largest absolute Gasteiger partial charge is 0.358 e. The van der Waals surface area contributed by atoms with Gasteiger partial charge in [0.05, 0.1) is 0 Å². The van der Waals surface area contributed by atoms with E-state index in [9.17, 15) is 4.79 Å². The lowest BCUT2D eigenvalue weighted by Crippen LogP contribution is -2.12. The molecule has 2 aromatic heterocycles. The Kier molecular flexibility index (Phi) is 3.41. The van der Waals surface area contributed by atoms with Crippen LogP contribution in [0.25, 0.3) is 10.9 Å². The van der Waals surface area contributed by atoms with Crippen LogP contribution < -0.4 is 5.32 Å². The van der Waals surface area contributed by atoms with Gasteiger partial charge in [0.15, 0.2) is 0 Å². The number of hydrogen-bond donors (Lipinski definition) is 2. The van der Waals surface area contributed by atoms with Crippen molar-refractivity contribution in [3.8, 4) is 0 Å². The molecule has 1 aliphatic rings. The normalized spacial score (nSPS) is 17.2. The van der Waals surface area contributed by atoms with Crippen molar-refractivity contribution in [3.05, 3.63) is 40.0 Å². The van der Waals surface area contributed by atoms with Gasteiger partial charge >= 0.3 is 0 Å². The maximum absolute atomic E-state index is 12.4. The van der Waals surface area contributed by atoms with Crippen LogP contribution in [-0.4, -0.2) is 21.1 Å². The van der Waals surface area contributed by atoms with Crippen molar-refractivity contribution >= 4 is 33.3 Å². The van der Waals surface area contributed by atoms with Crippen LogP contribution in [0.1, 0.15) is 40.0 Å². The topological polar surface area (TPSA) is 70.7 Å². The quantitative estimate of drug-likeness (QED) is 0.754. The van der Waals surface area contributed by atoms with Crippen LogP contribution in [-0.2, 0) is 12.8 Å². The molecular formula is C17H18N4OS. The predicted molar refractivity (Wildman–Crippen MR) is 92.1 cm³/mol. The van der Waals surface area contributed by atoms with Gasteiger partial charge in [-0.1, -0.05) is 18.3 Å². The Morgan fingerprint density at radius 3 is 3.04 bits per heavy atom. The third kappa shape index (κ3) is 2.63. The molecule has 3 aromatic rings. The lowest BCUT2D eigenvalue weighted by molar-refractivity contribution is 0.102. The number of carbonyl (C=O) groups is 1. The zero-order chi connectivity index (χ0) is 16.0. The molecule has 1 aliphatic carbocycles. The van der Waals surface area contributed by atoms with Crippen LogP contribution >= 0.6 is 11.3 Å². The standard InChI is InChI=1S/C17H18N4OS/c1-9-3-5-14-12(7-9)13-8-11(4-6-15(13)18-14)16(22)19-17-21-20-10(2)23-17/h4,6,8-9,18H,3,5,7H2,1-2H3,(H,19,21,22)/t9-/m1/s1. The first-order chi connectivity index (χ1) is 11.1. The second-order valence-corrected chi connectivity index (χ2v) is 7.45. The molecule has 0 fully saturated rings. The molecule has 0 radical (unpaired) electrons. The second-order valence-electron chi connectivity index (χ2n) is 6.27. The van der Waals surface area contributed by atoms with E-state index in [-0.39, 0.29) is 5.91 Å². The number of hydrogen-bond acceptors (Lipinski definition) is 4. The minimum Gasteiger partial charge on any atom is -0.358 e. The SMILES string of the molecule is Cc1nnc(NC(=O)c2ccc3[nH]c4c(c3c2)C[C@H](C)CC4)s1. The number of anilines is 1. The maximum Gasteiger partial charge on any atom is 0.257 e. The molecule has 0 aliphatic heterocycles. The van der Waals surface area contributed by atoms with Crippen molar-refractivity contribution in [1.29, 1.82) is 0 Å². The van der Waals surface area contributed by atoms with Crippen molar-refractivity contribution < 1.29 is 4.79 Å². The Hall–Kier alpha value is -2.21. The van der Waals surface area contributed by atoms with E-state index >= 15 is 0 Å². The summed E-state index contributed by atoms with van der Waals surface area (Å²) in [5.74, 6) is 0.560. The Morgan fingerprint density at radius 1 is 1.39 bits per heavy atom. The van der Waals surface area contributed by atoms with Gasteiger partial charge in [0.2, 0.25) is 5.13 Å². The molecule has 0 saturated heterocycles. The van der Waals surface area contributed by atoms with E-state index in [0.717, 1.165) is 23.4 Å². The number of rotatable bonds is 2. The van der Waals surface area contributed by atoms with E-state index in [0.29, 0.717) is 16.6 Å². The van der Waals surface area contributed by atoms with E-state index in [1.54, 1.807) is 0 Å². The van der Waals surface area contributed by atoms with Gasteiger partial charge in [0.1, 0.15) is 5.01 Å². The average Bonchev–Trinajstić information content (AvgIpc) is 3.10. The molecule has 23 heavy (non-hydrogen) atoms. The highest BCUT2D eigenvalue weighted by molar-refractivity contribution is 7.15. The molecule has 6 heteroatoms. The molecule has 2 N–H and O–H groups in total. The lowest BCUT2D eigenvalue weighted by atomic mass is 9.87. The van der Waals surface area contributed by atoms with E-state index < -0.39 is 0 Å². The Balaban J connectivity index is 1.68. The molecule has 0 bridgehead atoms. The Morgan fingerprint density at radius 2 is 2.26 bits per heavy atom. The van der Waals surface area contributed by atoms with Gasteiger partial charge in [-0.3, -0.25) is 10.1 Å². The number of aryl methyl sites for hydroxylation is 2. The minimum absolute atomic E-state index is 0.137. The van der Waals surface area contributed by atoms with E-state index in [1.807, 2.05) is 25.1 Å². The molecule has 5 nitrogen and oxygen atoms in total. The van der Waals surface area contributed by atoms with Crippen LogP contribution in [0, 0.1) is 12.8 Å². The highest BCUT2D eigenvalue weighted by Crippen LogP contribution is 2.32. The molecule has 0 unspecified atom stereocenters. The van der Waals surface area contributed by atoms with Crippen molar-refractivity contribution in [2.24, 2.45) is 5.92 Å². The molecule has 0 spiro atoms. The van der Waals surface area contributed by atoms with Gasteiger partial charge in [-0.15, -0.1) is 10.2 Å². The summed E-state index contributed by atoms with van der Waals surface area (Å²) >= 11 is 1.38. The predicted octanol–water partition coefficient (Wildman–Crippen LogP) is 3.70. The lowest BCUT2D eigenvalue weighted by Gasteiger charge is -2.18. The summed E-state index contributed by atoms with van der Waals surface area (Å²) in [5.41, 5.74) is 4.48. The van der Waals surface area contributed by atoms with Crippen molar-refractivity contribution in [2.75, 3.05) is 5.32 Å². The van der Waals surface area contributed by atoms with E-state index in [4.69, 9.17) is 0 Å². The number of carbonyl (C=O) groups excluding carboxylic acids is 1. The van der Waals surface area contributed by atoms with Gasteiger partial charge in [-0.05, 0) is 55.9 Å². The smallest absolute Gasteiger partial charge is 0.257 e. The van der Waals surface area contributed by atoms with Gasteiger partial charge in [0, 0.05) is 22.2 Å². The molecule has 4 rings (SSSR count). The van der Waals surface area contributed by atoms with Crippen LogP contribution in [0.4, 0.5) is 5.13 Å². The third-order valence-corrected chi connectivity index (χ3v) is 5.20. The number of amides is 1. The van der Waals surface area contributed by atoms with Crippen molar-refractivity contribution in [1.82, 2.24) is 15.2 Å². The van der Waals surface area contributed by atoms with Gasteiger partial charge in [-0.2, -0.15) is 0 Å². The van der Waals surface area contributed by atoms with Gasteiger partial charge in [-0.25, -0.2) is 0 Å². The Labute approximate surface area is 138 Å². The van der Waals surface area contributed by atoms with Crippen LogP contribution in [0.5, 0.6) is 0 Å². The molecule has 118 valence electrons. The molecule has 0 saturated carbocycles. The first-order valence-corrected chi connectivity index (χ1v) is 8.67. The fourth-order valence-corrected chi connectivity index (χ4v) is 3.84. The number of benzene rings is 1. The zero-order valence-electron chi connectivity index (χ0n) is 13.1. The van der Waals surface area contributed by atoms with E-state index in [1.165, 1.54) is 34.4 Å². The zero-order valence-corrected chi connectivity index (χ0v) is 14.0. The third-order valence-electron chi connectivity index (χ3n) is 4.44. The molecule has 1 atom stereocenters. The summed E-state index contributed by atoms with van der Waals surface area (Å²) in [6.45, 7) is 4.16. The second kappa shape index (κ2) is 5.45. The monoisotopic (exact) mass is 326 g/mol. The maximum atomic E-state index is 12.4. The number of aromatic nitrogens is 3. The van der Waals surface area contributed by atoms with Crippen molar-refractivity contribution in [2.45, 2.75) is 33.1 Å². The van der Waals surface area contributed by atoms with Crippen molar-refractivity contribution in [3.63, 3.8) is 0 Å². The summed E-state index contributed by atoms with van der Waals surface area (Å²) in [5, 5.41) is 13.2. The number of aromatic amines is 1. The number of nitrogens with one attached hydrogen (secondary N) is 2. The fourth-order valence-electron chi connectivity index (χ4n) is 3.25. The number of H-pyrrole nitrogens is 1. The summed E-state index contributed by atoms with van der Waals surface area (Å²) < 4.78 is 0. The van der Waals surface area contributed by atoms with Gasteiger partial charge in [0.25, 0.3) is 5.91 Å². The first-order valence-electron chi connectivity index (χ1n) is 7.85. The van der Waals surface area contributed by atoms with E-state index in [2.05, 4.69) is 27.4 Å². The molecule has 1 aromatic carbocycles. The molecule has 2 heterocycles.